The van der Waals surface area contributed by atoms with Gasteiger partial charge in [-0.2, -0.15) is 5.26 Å². The van der Waals surface area contributed by atoms with Crippen molar-refractivity contribution in [2.75, 3.05) is 0 Å². The maximum atomic E-state index is 9.06. The molecule has 0 saturated carbocycles. The van der Waals surface area contributed by atoms with E-state index in [0.717, 1.165) is 30.0 Å². The molecular weight excluding hydrogens is 206 g/mol. The van der Waals surface area contributed by atoms with Gasteiger partial charge in [-0.1, -0.05) is 0 Å². The number of nitrogens with two attached hydrogens (primary N) is 1. The number of thiazole rings is 1. The zero-order valence-corrected chi connectivity index (χ0v) is 9.90. The van der Waals surface area contributed by atoms with E-state index in [1.54, 1.807) is 11.3 Å². The number of aromatic nitrogens is 1. The molecule has 0 saturated heterocycles. The minimum Gasteiger partial charge on any atom is -0.323 e. The zero-order chi connectivity index (χ0) is 11.1. The summed E-state index contributed by atoms with van der Waals surface area (Å²) in [5.41, 5.74) is 6.55. The van der Waals surface area contributed by atoms with Crippen molar-refractivity contribution in [2.24, 2.45) is 5.73 Å². The van der Waals surface area contributed by atoms with Crippen molar-refractivity contribution in [3.05, 3.63) is 15.6 Å². The first-order valence-electron chi connectivity index (χ1n) is 5.21. The fourth-order valence-corrected chi connectivity index (χ4v) is 2.99. The monoisotopic (exact) mass is 221 g/mol. The van der Waals surface area contributed by atoms with Gasteiger partial charge < -0.3 is 5.73 Å². The molecule has 0 aliphatic heterocycles. The van der Waals surface area contributed by atoms with Crippen molar-refractivity contribution in [3.63, 3.8) is 0 Å². The average molecular weight is 221 g/mol. The number of nitriles is 1. The summed E-state index contributed by atoms with van der Waals surface area (Å²) < 4.78 is 0. The summed E-state index contributed by atoms with van der Waals surface area (Å²) in [4.78, 5) is 5.83. The molecule has 0 amide bonds. The van der Waals surface area contributed by atoms with E-state index in [9.17, 15) is 0 Å². The van der Waals surface area contributed by atoms with Gasteiger partial charge in [-0.05, 0) is 33.1 Å². The van der Waals surface area contributed by atoms with Crippen LogP contribution in [0.5, 0.6) is 0 Å². The van der Waals surface area contributed by atoms with Crippen molar-refractivity contribution < 1.29 is 0 Å². The van der Waals surface area contributed by atoms with Gasteiger partial charge in [0.15, 0.2) is 0 Å². The third kappa shape index (κ3) is 1.77. The van der Waals surface area contributed by atoms with Gasteiger partial charge in [-0.25, -0.2) is 4.98 Å². The number of rotatable bonds is 1. The minimum atomic E-state index is -0.484. The molecule has 80 valence electrons. The van der Waals surface area contributed by atoms with Crippen LogP contribution in [0.25, 0.3) is 0 Å². The van der Waals surface area contributed by atoms with Gasteiger partial charge in [0.2, 0.25) is 0 Å². The van der Waals surface area contributed by atoms with Crippen molar-refractivity contribution in [1.82, 2.24) is 4.98 Å². The van der Waals surface area contributed by atoms with E-state index in [2.05, 4.69) is 11.1 Å². The molecule has 1 unspecified atom stereocenters. The predicted octanol–water partition coefficient (Wildman–Crippen LogP) is 2.28. The highest BCUT2D eigenvalue weighted by Gasteiger charge is 2.29. The Morgan fingerprint density at radius 3 is 2.93 bits per heavy atom. The molecule has 0 bridgehead atoms. The van der Waals surface area contributed by atoms with Crippen LogP contribution in [0, 0.1) is 11.3 Å². The SMILES string of the molecule is CC(C)(C#N)c1nc2c(s1)CCCC2N. The van der Waals surface area contributed by atoms with Crippen LogP contribution in [-0.4, -0.2) is 4.98 Å². The summed E-state index contributed by atoms with van der Waals surface area (Å²) >= 11 is 1.66. The van der Waals surface area contributed by atoms with Gasteiger partial charge in [0.25, 0.3) is 0 Å². The molecular formula is C11H15N3S. The molecule has 4 heteroatoms. The minimum absolute atomic E-state index is 0.0771. The van der Waals surface area contributed by atoms with E-state index in [4.69, 9.17) is 11.0 Å². The standard InChI is InChI=1S/C11H15N3S/c1-11(2,6-12)10-14-9-7(13)4-3-5-8(9)15-10/h7H,3-5,13H2,1-2H3. The Balaban J connectivity index is 2.43. The Morgan fingerprint density at radius 2 is 2.33 bits per heavy atom. The van der Waals surface area contributed by atoms with Gasteiger partial charge in [-0.15, -0.1) is 11.3 Å². The molecule has 1 aliphatic rings. The first kappa shape index (κ1) is 10.6. The Hall–Kier alpha value is -0.920. The number of hydrogen-bond acceptors (Lipinski definition) is 4. The third-order valence-electron chi connectivity index (χ3n) is 2.81. The van der Waals surface area contributed by atoms with Gasteiger partial charge in [-0.3, -0.25) is 0 Å². The van der Waals surface area contributed by atoms with Crippen LogP contribution < -0.4 is 5.73 Å². The second-order valence-corrected chi connectivity index (χ2v) is 5.65. The molecule has 0 fully saturated rings. The van der Waals surface area contributed by atoms with E-state index < -0.39 is 5.41 Å². The topological polar surface area (TPSA) is 62.7 Å². The molecule has 1 heterocycles. The summed E-state index contributed by atoms with van der Waals surface area (Å²) in [6.45, 7) is 3.81. The van der Waals surface area contributed by atoms with Crippen LogP contribution in [0.15, 0.2) is 0 Å². The predicted molar refractivity (Wildman–Crippen MR) is 60.6 cm³/mol. The first-order valence-corrected chi connectivity index (χ1v) is 6.03. The maximum absolute atomic E-state index is 9.06. The molecule has 2 rings (SSSR count). The molecule has 1 aliphatic carbocycles. The van der Waals surface area contributed by atoms with E-state index in [-0.39, 0.29) is 6.04 Å². The van der Waals surface area contributed by atoms with Crippen molar-refractivity contribution in [1.29, 1.82) is 5.26 Å². The summed E-state index contributed by atoms with van der Waals surface area (Å²) in [5, 5.41) is 9.97. The zero-order valence-electron chi connectivity index (χ0n) is 9.08. The maximum Gasteiger partial charge on any atom is 0.113 e. The molecule has 1 atom stereocenters. The van der Waals surface area contributed by atoms with Crippen molar-refractivity contribution in [2.45, 2.75) is 44.6 Å². The molecule has 3 nitrogen and oxygen atoms in total. The van der Waals surface area contributed by atoms with Crippen molar-refractivity contribution in [3.8, 4) is 6.07 Å². The number of nitrogens with zero attached hydrogens (tertiary/aromatic N) is 2. The highest BCUT2D eigenvalue weighted by Crippen LogP contribution is 2.36. The summed E-state index contributed by atoms with van der Waals surface area (Å²) in [6.07, 6.45) is 3.23. The van der Waals surface area contributed by atoms with Crippen LogP contribution in [0.1, 0.15) is 48.3 Å². The fourth-order valence-electron chi connectivity index (χ4n) is 1.77. The Morgan fingerprint density at radius 1 is 1.60 bits per heavy atom. The lowest BCUT2D eigenvalue weighted by Crippen LogP contribution is -2.18. The molecule has 1 aromatic rings. The smallest absolute Gasteiger partial charge is 0.113 e. The quantitative estimate of drug-likeness (QED) is 0.791. The second-order valence-electron chi connectivity index (χ2n) is 4.56. The Labute approximate surface area is 93.9 Å². The number of hydrogen-bond donors (Lipinski definition) is 1. The summed E-state index contributed by atoms with van der Waals surface area (Å²) in [7, 11) is 0. The largest absolute Gasteiger partial charge is 0.323 e. The molecule has 0 aromatic carbocycles. The van der Waals surface area contributed by atoms with Crippen LogP contribution in [0.4, 0.5) is 0 Å². The van der Waals surface area contributed by atoms with Crippen LogP contribution in [-0.2, 0) is 11.8 Å². The van der Waals surface area contributed by atoms with E-state index >= 15 is 0 Å². The third-order valence-corrected chi connectivity index (χ3v) is 4.27. The van der Waals surface area contributed by atoms with E-state index in [1.807, 2.05) is 13.8 Å². The summed E-state index contributed by atoms with van der Waals surface area (Å²) in [5.74, 6) is 0. The highest BCUT2D eigenvalue weighted by molar-refractivity contribution is 7.12. The van der Waals surface area contributed by atoms with Crippen LogP contribution >= 0.6 is 11.3 Å². The molecule has 0 radical (unpaired) electrons. The number of aryl methyl sites for hydroxylation is 1. The van der Waals surface area contributed by atoms with Crippen LogP contribution in [0.2, 0.25) is 0 Å². The lowest BCUT2D eigenvalue weighted by atomic mass is 9.96. The highest BCUT2D eigenvalue weighted by atomic mass is 32.1. The lowest BCUT2D eigenvalue weighted by molar-refractivity contribution is 0.558. The fraction of sp³-hybridized carbons (Fsp3) is 0.636. The van der Waals surface area contributed by atoms with E-state index in [1.165, 1.54) is 4.88 Å². The van der Waals surface area contributed by atoms with Gasteiger partial charge in [0.05, 0.1) is 11.8 Å². The van der Waals surface area contributed by atoms with Crippen LogP contribution in [0.3, 0.4) is 0 Å². The van der Waals surface area contributed by atoms with Gasteiger partial charge >= 0.3 is 0 Å². The average Bonchev–Trinajstić information content (AvgIpc) is 2.64. The first-order chi connectivity index (χ1) is 7.04. The Kier molecular flexibility index (Phi) is 2.53. The molecule has 15 heavy (non-hydrogen) atoms. The summed E-state index contributed by atoms with van der Waals surface area (Å²) in [6, 6.07) is 2.37. The molecule has 0 spiro atoms. The molecule has 2 N–H and O–H groups in total. The number of fused-ring (bicyclic) bond motifs is 1. The van der Waals surface area contributed by atoms with Gasteiger partial charge in [0, 0.05) is 10.9 Å². The van der Waals surface area contributed by atoms with Gasteiger partial charge in [0.1, 0.15) is 10.4 Å². The Bertz CT molecular complexity index is 414. The van der Waals surface area contributed by atoms with Crippen molar-refractivity contribution >= 4 is 11.3 Å². The lowest BCUT2D eigenvalue weighted by Gasteiger charge is -2.15. The second kappa shape index (κ2) is 3.58. The molecule has 1 aromatic heterocycles. The van der Waals surface area contributed by atoms with E-state index in [0.29, 0.717) is 0 Å². The normalized spacial score (nSPS) is 20.8.